The van der Waals surface area contributed by atoms with Crippen molar-refractivity contribution in [2.75, 3.05) is 38.6 Å². The molecular weight excluding hydrogens is 392 g/mol. The van der Waals surface area contributed by atoms with E-state index in [1.165, 1.54) is 5.56 Å². The van der Waals surface area contributed by atoms with Crippen LogP contribution in [-0.4, -0.2) is 66.6 Å². The first kappa shape index (κ1) is 22.5. The van der Waals surface area contributed by atoms with Crippen LogP contribution in [0, 0.1) is 0 Å². The number of amides is 3. The second-order valence-electron chi connectivity index (χ2n) is 8.39. The molecule has 2 aromatic rings. The summed E-state index contributed by atoms with van der Waals surface area (Å²) >= 11 is 0. The number of likely N-dealkylation sites (tertiary alicyclic amines) is 1. The number of anilines is 1. The Balaban J connectivity index is 1.66. The second-order valence-corrected chi connectivity index (χ2v) is 8.39. The van der Waals surface area contributed by atoms with E-state index in [0.717, 1.165) is 12.8 Å². The van der Waals surface area contributed by atoms with Crippen molar-refractivity contribution in [1.29, 1.82) is 0 Å². The maximum atomic E-state index is 12.7. The molecule has 1 aliphatic rings. The Labute approximate surface area is 184 Å². The number of rotatable bonds is 7. The Morgan fingerprint density at radius 3 is 2.65 bits per heavy atom. The molecule has 0 bridgehead atoms. The largest absolute Gasteiger partial charge is 0.350 e. The summed E-state index contributed by atoms with van der Waals surface area (Å²) in [5.74, 6) is 0.373. The van der Waals surface area contributed by atoms with Crippen LogP contribution >= 0.6 is 0 Å². The van der Waals surface area contributed by atoms with Gasteiger partial charge < -0.3 is 20.4 Å². The lowest BCUT2D eigenvalue weighted by atomic mass is 9.99. The van der Waals surface area contributed by atoms with Gasteiger partial charge in [-0.25, -0.2) is 14.8 Å². The van der Waals surface area contributed by atoms with Gasteiger partial charge in [-0.1, -0.05) is 30.3 Å². The van der Waals surface area contributed by atoms with Crippen LogP contribution in [0.25, 0.3) is 0 Å². The Morgan fingerprint density at radius 2 is 1.97 bits per heavy atom. The molecule has 1 atom stereocenters. The zero-order valence-electron chi connectivity index (χ0n) is 18.8. The molecule has 1 aromatic carbocycles. The Kier molecular flexibility index (Phi) is 7.44. The fourth-order valence-electron chi connectivity index (χ4n) is 3.66. The molecule has 8 nitrogen and oxygen atoms in total. The minimum absolute atomic E-state index is 0.00511. The van der Waals surface area contributed by atoms with Crippen LogP contribution in [0.4, 0.5) is 10.7 Å². The predicted octanol–water partition coefficient (Wildman–Crippen LogP) is 2.42. The molecule has 1 aromatic heterocycles. The first-order valence-electron chi connectivity index (χ1n) is 10.8. The molecule has 0 saturated carbocycles. The average Bonchev–Trinajstić information content (AvgIpc) is 3.24. The third kappa shape index (κ3) is 5.93. The predicted molar refractivity (Wildman–Crippen MR) is 121 cm³/mol. The fraction of sp³-hybridized carbons (Fsp3) is 0.478. The van der Waals surface area contributed by atoms with Crippen molar-refractivity contribution in [3.8, 4) is 0 Å². The number of nitrogens with zero attached hydrogens (tertiary/aromatic N) is 4. The van der Waals surface area contributed by atoms with E-state index in [1.807, 2.05) is 51.0 Å². The molecule has 1 unspecified atom stereocenters. The van der Waals surface area contributed by atoms with E-state index in [2.05, 4.69) is 32.7 Å². The molecule has 2 N–H and O–H groups in total. The number of benzene rings is 1. The van der Waals surface area contributed by atoms with Gasteiger partial charge in [0, 0.05) is 51.9 Å². The lowest BCUT2D eigenvalue weighted by molar-refractivity contribution is 0.0941. The molecule has 3 amide bonds. The summed E-state index contributed by atoms with van der Waals surface area (Å²) in [4.78, 5) is 38.0. The van der Waals surface area contributed by atoms with Crippen molar-refractivity contribution in [3.63, 3.8) is 0 Å². The summed E-state index contributed by atoms with van der Waals surface area (Å²) in [5.41, 5.74) is 2.38. The smallest absolute Gasteiger partial charge is 0.317 e. The summed E-state index contributed by atoms with van der Waals surface area (Å²) in [7, 11) is 3.74. The highest BCUT2D eigenvalue weighted by Gasteiger charge is 2.31. The number of aromatic nitrogens is 2. The molecule has 1 aliphatic heterocycles. The minimum atomic E-state index is -0.180. The molecule has 3 rings (SSSR count). The number of hydrogen-bond donors (Lipinski definition) is 2. The maximum Gasteiger partial charge on any atom is 0.317 e. The topological polar surface area (TPSA) is 90.5 Å². The molecule has 0 aliphatic carbocycles. The van der Waals surface area contributed by atoms with Gasteiger partial charge in [-0.15, -0.1) is 0 Å². The van der Waals surface area contributed by atoms with Crippen LogP contribution < -0.4 is 15.5 Å². The zero-order chi connectivity index (χ0) is 22.4. The monoisotopic (exact) mass is 424 g/mol. The molecule has 0 radical (unpaired) electrons. The number of carbonyl (C=O) groups excluding carboxylic acids is 2. The summed E-state index contributed by atoms with van der Waals surface area (Å²) in [6.45, 7) is 5.59. The second kappa shape index (κ2) is 10.2. The Bertz CT molecular complexity index is 900. The van der Waals surface area contributed by atoms with Crippen LogP contribution in [0.3, 0.4) is 0 Å². The van der Waals surface area contributed by atoms with E-state index in [4.69, 9.17) is 0 Å². The van der Waals surface area contributed by atoms with Crippen LogP contribution in [0.2, 0.25) is 0 Å². The minimum Gasteiger partial charge on any atom is -0.350 e. The number of carbonyl (C=O) groups is 2. The zero-order valence-corrected chi connectivity index (χ0v) is 18.8. The Hall–Kier alpha value is -3.16. The molecular formula is C23H32N6O2. The van der Waals surface area contributed by atoms with E-state index >= 15 is 0 Å². The van der Waals surface area contributed by atoms with E-state index in [0.29, 0.717) is 36.8 Å². The molecule has 1 saturated heterocycles. The average molecular weight is 425 g/mol. The third-order valence-electron chi connectivity index (χ3n) is 5.26. The van der Waals surface area contributed by atoms with Crippen molar-refractivity contribution in [1.82, 2.24) is 25.5 Å². The molecule has 1 fully saturated rings. The highest BCUT2D eigenvalue weighted by molar-refractivity contribution is 5.95. The fourth-order valence-corrected chi connectivity index (χ4v) is 3.66. The van der Waals surface area contributed by atoms with Crippen LogP contribution in [0.15, 0.2) is 36.5 Å². The number of hydrogen-bond acceptors (Lipinski definition) is 5. The van der Waals surface area contributed by atoms with Crippen molar-refractivity contribution in [2.24, 2.45) is 0 Å². The molecule has 166 valence electrons. The van der Waals surface area contributed by atoms with Crippen LogP contribution in [-0.2, 0) is 6.42 Å². The van der Waals surface area contributed by atoms with Gasteiger partial charge in [0.05, 0.1) is 11.3 Å². The molecule has 2 heterocycles. The van der Waals surface area contributed by atoms with Gasteiger partial charge in [0.25, 0.3) is 5.91 Å². The first-order valence-corrected chi connectivity index (χ1v) is 10.8. The van der Waals surface area contributed by atoms with Crippen molar-refractivity contribution in [3.05, 3.63) is 53.3 Å². The van der Waals surface area contributed by atoms with Crippen molar-refractivity contribution >= 4 is 17.9 Å². The SMILES string of the molecule is CC(C)NC(=O)c1cnc(N(C)C)nc1C1CCN(C(=O)NCCc2ccccc2)C1. The number of urea groups is 1. The highest BCUT2D eigenvalue weighted by atomic mass is 16.2. The van der Waals surface area contributed by atoms with Gasteiger partial charge in [-0.3, -0.25) is 4.79 Å². The lowest BCUT2D eigenvalue weighted by Crippen LogP contribution is -2.39. The van der Waals surface area contributed by atoms with Gasteiger partial charge in [-0.2, -0.15) is 0 Å². The van der Waals surface area contributed by atoms with Gasteiger partial charge in [0.1, 0.15) is 0 Å². The maximum absolute atomic E-state index is 12.7. The first-order chi connectivity index (χ1) is 14.8. The van der Waals surface area contributed by atoms with Crippen LogP contribution in [0.5, 0.6) is 0 Å². The van der Waals surface area contributed by atoms with E-state index in [9.17, 15) is 9.59 Å². The molecule has 0 spiro atoms. The van der Waals surface area contributed by atoms with Gasteiger partial charge >= 0.3 is 6.03 Å². The van der Waals surface area contributed by atoms with Crippen molar-refractivity contribution < 1.29 is 9.59 Å². The van der Waals surface area contributed by atoms with Gasteiger partial charge in [0.2, 0.25) is 5.95 Å². The number of nitrogens with one attached hydrogen (secondary N) is 2. The summed E-state index contributed by atoms with van der Waals surface area (Å²) in [6.07, 6.45) is 3.15. The summed E-state index contributed by atoms with van der Waals surface area (Å²) in [6, 6.07) is 10.0. The lowest BCUT2D eigenvalue weighted by Gasteiger charge is -2.20. The van der Waals surface area contributed by atoms with Crippen molar-refractivity contribution in [2.45, 2.75) is 38.6 Å². The Morgan fingerprint density at radius 1 is 1.23 bits per heavy atom. The van der Waals surface area contributed by atoms with Crippen LogP contribution in [0.1, 0.15) is 47.8 Å². The summed E-state index contributed by atoms with van der Waals surface area (Å²) < 4.78 is 0. The van der Waals surface area contributed by atoms with E-state index < -0.39 is 0 Å². The third-order valence-corrected chi connectivity index (χ3v) is 5.26. The molecule has 31 heavy (non-hydrogen) atoms. The van der Waals surface area contributed by atoms with E-state index in [1.54, 1.807) is 11.1 Å². The quantitative estimate of drug-likeness (QED) is 0.712. The molecule has 8 heteroatoms. The summed E-state index contributed by atoms with van der Waals surface area (Å²) in [5, 5.41) is 5.93. The normalized spacial score (nSPS) is 15.8. The van der Waals surface area contributed by atoms with Gasteiger partial charge in [-0.05, 0) is 32.3 Å². The highest BCUT2D eigenvalue weighted by Crippen LogP contribution is 2.29. The van der Waals surface area contributed by atoms with Gasteiger partial charge in [0.15, 0.2) is 0 Å². The standard InChI is InChI=1S/C23H32N6O2/c1-16(2)26-21(30)19-14-25-22(28(3)4)27-20(19)18-11-13-29(15-18)23(31)24-12-10-17-8-6-5-7-9-17/h5-9,14,16,18H,10-13,15H2,1-4H3,(H,24,31)(H,26,30). The van der Waals surface area contributed by atoms with E-state index in [-0.39, 0.29) is 23.9 Å².